The summed E-state index contributed by atoms with van der Waals surface area (Å²) in [4.78, 5) is 22.9. The molecule has 0 spiro atoms. The predicted molar refractivity (Wildman–Crippen MR) is 77.2 cm³/mol. The van der Waals surface area contributed by atoms with Crippen molar-refractivity contribution in [2.24, 2.45) is 7.05 Å². The summed E-state index contributed by atoms with van der Waals surface area (Å²) in [5, 5.41) is 4.13. The summed E-state index contributed by atoms with van der Waals surface area (Å²) in [5.41, 5.74) is 1.97. The molecular formula is C15H19N5O. The molecule has 0 saturated carbocycles. The zero-order chi connectivity index (χ0) is 14.7. The summed E-state index contributed by atoms with van der Waals surface area (Å²) >= 11 is 0. The molecule has 110 valence electrons. The van der Waals surface area contributed by atoms with Crippen LogP contribution in [0.3, 0.4) is 0 Å². The van der Waals surface area contributed by atoms with Gasteiger partial charge in [-0.1, -0.05) is 0 Å². The van der Waals surface area contributed by atoms with Crippen LogP contribution in [-0.4, -0.2) is 37.1 Å². The van der Waals surface area contributed by atoms with Crippen molar-refractivity contribution in [1.82, 2.24) is 24.6 Å². The molecule has 1 atom stereocenters. The lowest BCUT2D eigenvalue weighted by atomic mass is 10.1. The molecule has 3 heterocycles. The van der Waals surface area contributed by atoms with Crippen molar-refractivity contribution in [1.29, 1.82) is 0 Å². The Labute approximate surface area is 123 Å². The Bertz CT molecular complexity index is 610. The minimum atomic E-state index is 0.0812. The standard InChI is InChI=1S/C15H19N5O/c1-19-12(6-7-18-19)4-5-15(21)20-10-2-3-14(20)13-11-16-8-9-17-13/h6-9,11,14H,2-5,10H2,1H3/t14-/m0/s1. The van der Waals surface area contributed by atoms with Gasteiger partial charge in [-0.25, -0.2) is 0 Å². The van der Waals surface area contributed by atoms with Crippen molar-refractivity contribution in [3.8, 4) is 0 Å². The maximum atomic E-state index is 12.5. The first-order chi connectivity index (χ1) is 10.3. The molecule has 0 N–H and O–H groups in total. The van der Waals surface area contributed by atoms with E-state index >= 15 is 0 Å². The summed E-state index contributed by atoms with van der Waals surface area (Å²) in [7, 11) is 1.90. The van der Waals surface area contributed by atoms with Crippen LogP contribution in [0.25, 0.3) is 0 Å². The van der Waals surface area contributed by atoms with Gasteiger partial charge in [-0.2, -0.15) is 5.10 Å². The van der Waals surface area contributed by atoms with Gasteiger partial charge in [-0.05, 0) is 25.3 Å². The number of hydrogen-bond donors (Lipinski definition) is 0. The number of nitrogens with zero attached hydrogens (tertiary/aromatic N) is 5. The van der Waals surface area contributed by atoms with Gasteiger partial charge >= 0.3 is 0 Å². The highest BCUT2D eigenvalue weighted by molar-refractivity contribution is 5.77. The second-order valence-electron chi connectivity index (χ2n) is 5.32. The molecule has 0 aromatic carbocycles. The van der Waals surface area contributed by atoms with E-state index in [0.29, 0.717) is 6.42 Å². The van der Waals surface area contributed by atoms with Crippen LogP contribution in [0.1, 0.15) is 36.7 Å². The Hall–Kier alpha value is -2.24. The van der Waals surface area contributed by atoms with E-state index < -0.39 is 0 Å². The zero-order valence-corrected chi connectivity index (χ0v) is 12.1. The molecule has 3 rings (SSSR count). The lowest BCUT2D eigenvalue weighted by Gasteiger charge is -2.24. The highest BCUT2D eigenvalue weighted by Gasteiger charge is 2.30. The fourth-order valence-corrected chi connectivity index (χ4v) is 2.88. The monoisotopic (exact) mass is 285 g/mol. The fourth-order valence-electron chi connectivity index (χ4n) is 2.88. The Balaban J connectivity index is 1.65. The van der Waals surface area contributed by atoms with Crippen molar-refractivity contribution in [3.05, 3.63) is 42.2 Å². The topological polar surface area (TPSA) is 63.9 Å². The van der Waals surface area contributed by atoms with Crippen molar-refractivity contribution < 1.29 is 4.79 Å². The van der Waals surface area contributed by atoms with Gasteiger partial charge in [0.15, 0.2) is 0 Å². The smallest absolute Gasteiger partial charge is 0.223 e. The maximum Gasteiger partial charge on any atom is 0.223 e. The number of aromatic nitrogens is 4. The van der Waals surface area contributed by atoms with Gasteiger partial charge < -0.3 is 4.90 Å². The second kappa shape index (κ2) is 6.03. The molecule has 2 aromatic heterocycles. The quantitative estimate of drug-likeness (QED) is 0.854. The Morgan fingerprint density at radius 1 is 1.38 bits per heavy atom. The highest BCUT2D eigenvalue weighted by atomic mass is 16.2. The number of carbonyl (C=O) groups is 1. The Kier molecular flexibility index (Phi) is 3.94. The van der Waals surface area contributed by atoms with E-state index in [9.17, 15) is 4.79 Å². The summed E-state index contributed by atoms with van der Waals surface area (Å²) in [6.45, 7) is 0.811. The van der Waals surface area contributed by atoms with E-state index in [1.807, 2.05) is 22.7 Å². The molecule has 1 fully saturated rings. The van der Waals surface area contributed by atoms with E-state index in [0.717, 1.165) is 37.2 Å². The first kappa shape index (κ1) is 13.7. The number of amides is 1. The largest absolute Gasteiger partial charge is 0.334 e. The molecule has 0 bridgehead atoms. The first-order valence-electron chi connectivity index (χ1n) is 7.28. The SMILES string of the molecule is Cn1nccc1CCC(=O)N1CCC[C@H]1c1cnccn1. The van der Waals surface area contributed by atoms with Gasteiger partial charge in [0.2, 0.25) is 5.91 Å². The van der Waals surface area contributed by atoms with Gasteiger partial charge in [-0.15, -0.1) is 0 Å². The molecule has 2 aromatic rings. The molecule has 1 saturated heterocycles. The van der Waals surface area contributed by atoms with Gasteiger partial charge in [0, 0.05) is 44.3 Å². The summed E-state index contributed by atoms with van der Waals surface area (Å²) in [5.74, 6) is 0.185. The lowest BCUT2D eigenvalue weighted by Crippen LogP contribution is -2.31. The lowest BCUT2D eigenvalue weighted by molar-refractivity contribution is -0.132. The number of likely N-dealkylation sites (tertiary alicyclic amines) is 1. The normalized spacial score (nSPS) is 18.1. The zero-order valence-electron chi connectivity index (χ0n) is 12.1. The fraction of sp³-hybridized carbons (Fsp3) is 0.467. The van der Waals surface area contributed by atoms with E-state index in [1.54, 1.807) is 24.8 Å². The second-order valence-corrected chi connectivity index (χ2v) is 5.32. The average molecular weight is 285 g/mol. The molecule has 1 aliphatic rings. The van der Waals surface area contributed by atoms with Crippen molar-refractivity contribution in [3.63, 3.8) is 0 Å². The van der Waals surface area contributed by atoms with Gasteiger partial charge in [0.1, 0.15) is 0 Å². The van der Waals surface area contributed by atoms with Crippen LogP contribution in [0.2, 0.25) is 0 Å². The molecule has 1 amide bonds. The predicted octanol–water partition coefficient (Wildman–Crippen LogP) is 1.51. The van der Waals surface area contributed by atoms with E-state index in [1.165, 1.54) is 0 Å². The van der Waals surface area contributed by atoms with Gasteiger partial charge in [-0.3, -0.25) is 19.4 Å². The summed E-state index contributed by atoms with van der Waals surface area (Å²) in [6, 6.07) is 2.04. The summed E-state index contributed by atoms with van der Waals surface area (Å²) in [6.07, 6.45) is 10.1. The molecule has 0 radical (unpaired) electrons. The van der Waals surface area contributed by atoms with E-state index in [4.69, 9.17) is 0 Å². The van der Waals surface area contributed by atoms with Crippen LogP contribution in [0.15, 0.2) is 30.9 Å². The van der Waals surface area contributed by atoms with Gasteiger partial charge in [0.05, 0.1) is 17.9 Å². The third kappa shape index (κ3) is 2.94. The van der Waals surface area contributed by atoms with Crippen molar-refractivity contribution in [2.75, 3.05) is 6.54 Å². The van der Waals surface area contributed by atoms with Crippen LogP contribution in [0, 0.1) is 0 Å². The van der Waals surface area contributed by atoms with Crippen molar-refractivity contribution in [2.45, 2.75) is 31.7 Å². The number of hydrogen-bond acceptors (Lipinski definition) is 4. The molecule has 1 aliphatic heterocycles. The molecule has 0 unspecified atom stereocenters. The first-order valence-corrected chi connectivity index (χ1v) is 7.28. The van der Waals surface area contributed by atoms with Gasteiger partial charge in [0.25, 0.3) is 0 Å². The van der Waals surface area contributed by atoms with Crippen molar-refractivity contribution >= 4 is 5.91 Å². The van der Waals surface area contributed by atoms with Crippen LogP contribution < -0.4 is 0 Å². The highest BCUT2D eigenvalue weighted by Crippen LogP contribution is 2.30. The number of aryl methyl sites for hydroxylation is 2. The third-order valence-electron chi connectivity index (χ3n) is 4.02. The Morgan fingerprint density at radius 3 is 3.00 bits per heavy atom. The van der Waals surface area contributed by atoms with Crippen LogP contribution in [0.4, 0.5) is 0 Å². The molecule has 0 aliphatic carbocycles. The Morgan fingerprint density at radius 2 is 2.29 bits per heavy atom. The maximum absolute atomic E-state index is 12.5. The van der Waals surface area contributed by atoms with Crippen LogP contribution >= 0.6 is 0 Å². The number of carbonyl (C=O) groups excluding carboxylic acids is 1. The number of rotatable bonds is 4. The average Bonchev–Trinajstić information content (AvgIpc) is 3.15. The minimum absolute atomic E-state index is 0.0812. The van der Waals surface area contributed by atoms with E-state index in [-0.39, 0.29) is 11.9 Å². The molecule has 21 heavy (non-hydrogen) atoms. The minimum Gasteiger partial charge on any atom is -0.334 e. The summed E-state index contributed by atoms with van der Waals surface area (Å²) < 4.78 is 1.82. The van der Waals surface area contributed by atoms with Crippen LogP contribution in [0.5, 0.6) is 0 Å². The third-order valence-corrected chi connectivity index (χ3v) is 4.02. The molecule has 6 heteroatoms. The molecular weight excluding hydrogens is 266 g/mol. The molecule has 6 nitrogen and oxygen atoms in total. The van der Waals surface area contributed by atoms with Crippen LogP contribution in [-0.2, 0) is 18.3 Å². The van der Waals surface area contributed by atoms with E-state index in [2.05, 4.69) is 15.1 Å².